The Kier molecular flexibility index (Phi) is 6.18. The van der Waals surface area contributed by atoms with Gasteiger partial charge in [0.25, 0.3) is 0 Å². The van der Waals surface area contributed by atoms with Crippen LogP contribution in [0.1, 0.15) is 17.7 Å². The predicted octanol–water partition coefficient (Wildman–Crippen LogP) is 2.16. The van der Waals surface area contributed by atoms with Crippen LogP contribution < -0.4 is 0 Å². The molecule has 0 N–H and O–H groups in total. The van der Waals surface area contributed by atoms with Gasteiger partial charge in [0.15, 0.2) is 0 Å². The van der Waals surface area contributed by atoms with Crippen LogP contribution >= 0.6 is 0 Å². The van der Waals surface area contributed by atoms with E-state index in [-0.39, 0.29) is 5.75 Å². The Labute approximate surface area is 150 Å². The van der Waals surface area contributed by atoms with E-state index in [2.05, 4.69) is 9.88 Å². The second kappa shape index (κ2) is 8.56. The average molecular weight is 359 g/mol. The lowest BCUT2D eigenvalue weighted by Crippen LogP contribution is -2.48. The number of nitrogens with zero attached hydrogens (tertiary/aromatic N) is 3. The van der Waals surface area contributed by atoms with Crippen molar-refractivity contribution < 1.29 is 8.42 Å². The SMILES string of the molecule is O=S(=O)(CCCc1ccccc1)N1CCN(Cc2ccccn2)CC1. The van der Waals surface area contributed by atoms with E-state index in [0.29, 0.717) is 19.5 Å². The number of piperazine rings is 1. The molecule has 0 amide bonds. The lowest BCUT2D eigenvalue weighted by molar-refractivity contribution is 0.180. The van der Waals surface area contributed by atoms with Crippen LogP contribution in [0.15, 0.2) is 54.7 Å². The normalized spacial score (nSPS) is 16.8. The van der Waals surface area contributed by atoms with Gasteiger partial charge in [-0.1, -0.05) is 36.4 Å². The minimum Gasteiger partial charge on any atom is -0.295 e. The van der Waals surface area contributed by atoms with Crippen LogP contribution in [0.25, 0.3) is 0 Å². The van der Waals surface area contributed by atoms with Crippen molar-refractivity contribution in [3.05, 3.63) is 66.0 Å². The molecule has 1 aliphatic rings. The monoisotopic (exact) mass is 359 g/mol. The second-order valence-electron chi connectivity index (χ2n) is 6.40. The molecule has 0 saturated carbocycles. The maximum Gasteiger partial charge on any atom is 0.214 e. The zero-order valence-corrected chi connectivity index (χ0v) is 15.2. The molecule has 134 valence electrons. The Hall–Kier alpha value is -1.76. The Balaban J connectivity index is 1.44. The van der Waals surface area contributed by atoms with Gasteiger partial charge in [-0.15, -0.1) is 0 Å². The number of hydrogen-bond acceptors (Lipinski definition) is 4. The van der Waals surface area contributed by atoms with Gasteiger partial charge in [0.05, 0.1) is 11.4 Å². The Bertz CT molecular complexity index is 743. The first-order valence-corrected chi connectivity index (χ1v) is 10.4. The maximum atomic E-state index is 12.5. The summed E-state index contributed by atoms with van der Waals surface area (Å²) in [5.41, 5.74) is 2.22. The molecular weight excluding hydrogens is 334 g/mol. The summed E-state index contributed by atoms with van der Waals surface area (Å²) >= 11 is 0. The predicted molar refractivity (Wildman–Crippen MR) is 99.6 cm³/mol. The molecule has 6 heteroatoms. The minimum atomic E-state index is -3.16. The molecule has 1 saturated heterocycles. The number of rotatable bonds is 7. The van der Waals surface area contributed by atoms with E-state index < -0.39 is 10.0 Å². The van der Waals surface area contributed by atoms with Crippen LogP contribution in [0.2, 0.25) is 0 Å². The van der Waals surface area contributed by atoms with Gasteiger partial charge in [0.2, 0.25) is 10.0 Å². The molecular formula is C19H25N3O2S. The largest absolute Gasteiger partial charge is 0.295 e. The quantitative estimate of drug-likeness (QED) is 0.760. The number of aryl methyl sites for hydroxylation is 1. The molecule has 3 rings (SSSR count). The van der Waals surface area contributed by atoms with Gasteiger partial charge < -0.3 is 0 Å². The number of pyridine rings is 1. The third-order valence-electron chi connectivity index (χ3n) is 4.55. The molecule has 1 fully saturated rings. The van der Waals surface area contributed by atoms with Gasteiger partial charge in [0, 0.05) is 38.9 Å². The fourth-order valence-corrected chi connectivity index (χ4v) is 4.61. The summed E-state index contributed by atoms with van der Waals surface area (Å²) in [6, 6.07) is 15.9. The number of sulfonamides is 1. The average Bonchev–Trinajstić information content (AvgIpc) is 2.64. The van der Waals surface area contributed by atoms with Crippen molar-refractivity contribution in [3.63, 3.8) is 0 Å². The van der Waals surface area contributed by atoms with Gasteiger partial charge in [-0.3, -0.25) is 9.88 Å². The standard InChI is InChI=1S/C19H25N3O2S/c23-25(24,16-6-9-18-7-2-1-3-8-18)22-14-12-21(13-15-22)17-19-10-4-5-11-20-19/h1-5,7-8,10-11H,6,9,12-17H2. The van der Waals surface area contributed by atoms with Gasteiger partial charge in [0.1, 0.15) is 0 Å². The van der Waals surface area contributed by atoms with Crippen molar-refractivity contribution in [2.45, 2.75) is 19.4 Å². The fourth-order valence-electron chi connectivity index (χ4n) is 3.12. The lowest BCUT2D eigenvalue weighted by Gasteiger charge is -2.33. The zero-order chi connectivity index (χ0) is 17.5. The van der Waals surface area contributed by atoms with Gasteiger partial charge in [-0.25, -0.2) is 8.42 Å². The molecule has 5 nitrogen and oxygen atoms in total. The second-order valence-corrected chi connectivity index (χ2v) is 8.49. The first kappa shape index (κ1) is 18.0. The van der Waals surface area contributed by atoms with E-state index in [1.54, 1.807) is 10.5 Å². The van der Waals surface area contributed by atoms with Gasteiger partial charge in [-0.2, -0.15) is 4.31 Å². The fraction of sp³-hybridized carbons (Fsp3) is 0.421. The van der Waals surface area contributed by atoms with E-state index in [1.165, 1.54) is 5.56 Å². The molecule has 0 radical (unpaired) electrons. The van der Waals surface area contributed by atoms with E-state index >= 15 is 0 Å². The van der Waals surface area contributed by atoms with Crippen LogP contribution in [-0.2, 0) is 23.0 Å². The molecule has 1 aromatic carbocycles. The summed E-state index contributed by atoms with van der Waals surface area (Å²) in [5.74, 6) is 0.224. The van der Waals surface area contributed by atoms with Crippen molar-refractivity contribution in [3.8, 4) is 0 Å². The molecule has 1 aliphatic heterocycles. The summed E-state index contributed by atoms with van der Waals surface area (Å²) < 4.78 is 26.7. The molecule has 0 aliphatic carbocycles. The van der Waals surface area contributed by atoms with E-state index in [4.69, 9.17) is 0 Å². The van der Waals surface area contributed by atoms with Crippen LogP contribution in [0.5, 0.6) is 0 Å². The number of benzene rings is 1. The Morgan fingerprint density at radius 2 is 1.64 bits per heavy atom. The number of hydrogen-bond donors (Lipinski definition) is 0. The highest BCUT2D eigenvalue weighted by molar-refractivity contribution is 7.89. The molecule has 0 atom stereocenters. The summed E-state index contributed by atoms with van der Waals surface area (Å²) in [4.78, 5) is 6.60. The first-order chi connectivity index (χ1) is 12.1. The first-order valence-electron chi connectivity index (χ1n) is 8.77. The maximum absolute atomic E-state index is 12.5. The summed E-state index contributed by atoms with van der Waals surface area (Å²) in [5, 5.41) is 0. The van der Waals surface area contributed by atoms with Crippen molar-refractivity contribution in [1.29, 1.82) is 0 Å². The molecule has 25 heavy (non-hydrogen) atoms. The molecule has 2 heterocycles. The molecule has 0 unspecified atom stereocenters. The van der Waals surface area contributed by atoms with Crippen LogP contribution in [0, 0.1) is 0 Å². The highest BCUT2D eigenvalue weighted by Gasteiger charge is 2.26. The van der Waals surface area contributed by atoms with Gasteiger partial charge >= 0.3 is 0 Å². The summed E-state index contributed by atoms with van der Waals surface area (Å²) in [7, 11) is -3.16. The topological polar surface area (TPSA) is 53.5 Å². The van der Waals surface area contributed by atoms with Crippen molar-refractivity contribution in [1.82, 2.24) is 14.2 Å². The minimum absolute atomic E-state index is 0.224. The zero-order valence-electron chi connectivity index (χ0n) is 14.4. The lowest BCUT2D eigenvalue weighted by atomic mass is 10.1. The summed E-state index contributed by atoms with van der Waals surface area (Å²) in [6.07, 6.45) is 3.27. The van der Waals surface area contributed by atoms with E-state index in [1.807, 2.05) is 48.5 Å². The molecule has 1 aromatic heterocycles. The summed E-state index contributed by atoms with van der Waals surface area (Å²) in [6.45, 7) is 3.44. The smallest absolute Gasteiger partial charge is 0.214 e. The van der Waals surface area contributed by atoms with E-state index in [0.717, 1.165) is 31.7 Å². The van der Waals surface area contributed by atoms with Crippen molar-refractivity contribution in [2.24, 2.45) is 0 Å². The number of aromatic nitrogens is 1. The van der Waals surface area contributed by atoms with Crippen molar-refractivity contribution in [2.75, 3.05) is 31.9 Å². The van der Waals surface area contributed by atoms with Crippen molar-refractivity contribution >= 4 is 10.0 Å². The molecule has 0 bridgehead atoms. The highest BCUT2D eigenvalue weighted by atomic mass is 32.2. The Morgan fingerprint density at radius 3 is 2.32 bits per heavy atom. The van der Waals surface area contributed by atoms with Crippen LogP contribution in [-0.4, -0.2) is 54.5 Å². The third-order valence-corrected chi connectivity index (χ3v) is 6.50. The molecule has 0 spiro atoms. The van der Waals surface area contributed by atoms with Crippen LogP contribution in [0.4, 0.5) is 0 Å². The molecule has 2 aromatic rings. The Morgan fingerprint density at radius 1 is 0.920 bits per heavy atom. The van der Waals surface area contributed by atoms with Crippen LogP contribution in [0.3, 0.4) is 0 Å². The highest BCUT2D eigenvalue weighted by Crippen LogP contribution is 2.12. The van der Waals surface area contributed by atoms with Gasteiger partial charge in [-0.05, 0) is 30.5 Å². The van der Waals surface area contributed by atoms with E-state index in [9.17, 15) is 8.42 Å². The third kappa shape index (κ3) is 5.36.